The van der Waals surface area contributed by atoms with E-state index in [0.29, 0.717) is 22.8 Å². The number of rotatable bonds is 4. The minimum absolute atomic E-state index is 0.109. The van der Waals surface area contributed by atoms with Crippen molar-refractivity contribution in [2.75, 3.05) is 45.3 Å². The minimum Gasteiger partial charge on any atom is -0.493 e. The Morgan fingerprint density at radius 2 is 1.78 bits per heavy atom. The van der Waals surface area contributed by atoms with E-state index < -0.39 is 0 Å². The molecule has 0 saturated carbocycles. The Bertz CT molecular complexity index is 1030. The van der Waals surface area contributed by atoms with Gasteiger partial charge in [0.05, 0.1) is 25.6 Å². The maximum atomic E-state index is 12.7. The molecule has 7 nitrogen and oxygen atoms in total. The van der Waals surface area contributed by atoms with Crippen LogP contribution in [-0.2, 0) is 0 Å². The summed E-state index contributed by atoms with van der Waals surface area (Å²) in [6.45, 7) is 3.75. The number of fused-ring (bicyclic) bond motifs is 1. The fourth-order valence-corrected chi connectivity index (χ4v) is 3.35. The largest absolute Gasteiger partial charge is 0.493 e. The average Bonchev–Trinajstić information content (AvgIpc) is 2.73. The van der Waals surface area contributed by atoms with E-state index in [4.69, 9.17) is 9.47 Å². The van der Waals surface area contributed by atoms with Gasteiger partial charge in [-0.15, -0.1) is 0 Å². The van der Waals surface area contributed by atoms with Gasteiger partial charge < -0.3 is 19.7 Å². The standard InChI is InChI=1S/C20H22N4O3/c1-26-17-5-3-14(11-18(17)27-2)16-12-20(25)24-13-15(4-6-19(24)22-16)23-9-7-21-8-10-23/h3-6,11-13,21H,7-10H2,1-2H3. The number of nitrogens with zero attached hydrogens (tertiary/aromatic N) is 3. The van der Waals surface area contributed by atoms with Crippen LogP contribution >= 0.6 is 0 Å². The van der Waals surface area contributed by atoms with Crippen LogP contribution in [0.3, 0.4) is 0 Å². The van der Waals surface area contributed by atoms with E-state index >= 15 is 0 Å². The van der Waals surface area contributed by atoms with E-state index in [-0.39, 0.29) is 5.56 Å². The Morgan fingerprint density at radius 1 is 1.00 bits per heavy atom. The fourth-order valence-electron chi connectivity index (χ4n) is 3.35. The Balaban J connectivity index is 1.75. The minimum atomic E-state index is -0.109. The van der Waals surface area contributed by atoms with Crippen LogP contribution in [-0.4, -0.2) is 49.8 Å². The van der Waals surface area contributed by atoms with Gasteiger partial charge in [-0.25, -0.2) is 4.98 Å². The third-order valence-corrected chi connectivity index (χ3v) is 4.81. The van der Waals surface area contributed by atoms with Crippen LogP contribution in [0.4, 0.5) is 5.69 Å². The Labute approximate surface area is 157 Å². The summed E-state index contributed by atoms with van der Waals surface area (Å²) in [5.74, 6) is 1.24. The SMILES string of the molecule is COc1ccc(-c2cc(=O)n3cc(N4CCNCC4)ccc3n2)cc1OC. The van der Waals surface area contributed by atoms with Crippen LogP contribution in [0.25, 0.3) is 16.9 Å². The summed E-state index contributed by atoms with van der Waals surface area (Å²) >= 11 is 0. The third kappa shape index (κ3) is 3.33. The summed E-state index contributed by atoms with van der Waals surface area (Å²) < 4.78 is 12.2. The lowest BCUT2D eigenvalue weighted by Gasteiger charge is -2.29. The van der Waals surface area contributed by atoms with Crippen LogP contribution in [0, 0.1) is 0 Å². The van der Waals surface area contributed by atoms with E-state index in [9.17, 15) is 4.79 Å². The highest BCUT2D eigenvalue weighted by Crippen LogP contribution is 2.31. The zero-order chi connectivity index (χ0) is 18.8. The summed E-state index contributed by atoms with van der Waals surface area (Å²) in [7, 11) is 3.18. The molecule has 140 valence electrons. The number of aromatic nitrogens is 2. The second kappa shape index (κ2) is 7.28. The molecule has 1 aliphatic rings. The van der Waals surface area contributed by atoms with Crippen LogP contribution < -0.4 is 25.2 Å². The number of benzene rings is 1. The molecule has 0 unspecified atom stereocenters. The number of hydrogen-bond donors (Lipinski definition) is 1. The molecule has 1 aliphatic heterocycles. The highest BCUT2D eigenvalue weighted by atomic mass is 16.5. The number of ether oxygens (including phenoxy) is 2. The van der Waals surface area contributed by atoms with Crippen molar-refractivity contribution < 1.29 is 9.47 Å². The van der Waals surface area contributed by atoms with Gasteiger partial charge in [0, 0.05) is 44.0 Å². The summed E-state index contributed by atoms with van der Waals surface area (Å²) in [4.78, 5) is 19.6. The Kier molecular flexibility index (Phi) is 4.68. The van der Waals surface area contributed by atoms with E-state index in [0.717, 1.165) is 37.4 Å². The molecule has 0 atom stereocenters. The molecule has 3 heterocycles. The molecule has 0 amide bonds. The Hall–Kier alpha value is -3.06. The molecule has 1 fully saturated rings. The molecule has 2 aromatic heterocycles. The number of nitrogens with one attached hydrogen (secondary N) is 1. The number of pyridine rings is 1. The molecule has 1 aromatic carbocycles. The van der Waals surface area contributed by atoms with Crippen LogP contribution in [0.1, 0.15) is 0 Å². The Morgan fingerprint density at radius 3 is 2.52 bits per heavy atom. The molecule has 1 N–H and O–H groups in total. The highest BCUT2D eigenvalue weighted by molar-refractivity contribution is 5.66. The highest BCUT2D eigenvalue weighted by Gasteiger charge is 2.13. The van der Waals surface area contributed by atoms with Crippen molar-refractivity contribution in [2.45, 2.75) is 0 Å². The number of piperazine rings is 1. The van der Waals surface area contributed by atoms with Gasteiger partial charge in [0.2, 0.25) is 0 Å². The van der Waals surface area contributed by atoms with Gasteiger partial charge in [0.25, 0.3) is 5.56 Å². The maximum Gasteiger partial charge on any atom is 0.258 e. The second-order valence-corrected chi connectivity index (χ2v) is 6.40. The van der Waals surface area contributed by atoms with Gasteiger partial charge in [-0.1, -0.05) is 0 Å². The molecule has 0 bridgehead atoms. The normalized spacial score (nSPS) is 14.4. The quantitative estimate of drug-likeness (QED) is 0.759. The fraction of sp³-hybridized carbons (Fsp3) is 0.300. The zero-order valence-corrected chi connectivity index (χ0v) is 15.4. The first kappa shape index (κ1) is 17.4. The summed E-state index contributed by atoms with van der Waals surface area (Å²) in [6, 6.07) is 11.0. The molecule has 3 aromatic rings. The monoisotopic (exact) mass is 366 g/mol. The molecular weight excluding hydrogens is 344 g/mol. The van der Waals surface area contributed by atoms with Crippen molar-refractivity contribution in [3.63, 3.8) is 0 Å². The van der Waals surface area contributed by atoms with Crippen molar-refractivity contribution in [3.05, 3.63) is 52.9 Å². The summed E-state index contributed by atoms with van der Waals surface area (Å²) in [5.41, 5.74) is 2.95. The van der Waals surface area contributed by atoms with Gasteiger partial charge in [-0.3, -0.25) is 9.20 Å². The topological polar surface area (TPSA) is 68.1 Å². The van der Waals surface area contributed by atoms with Crippen molar-refractivity contribution in [1.29, 1.82) is 0 Å². The van der Waals surface area contributed by atoms with Gasteiger partial charge in [-0.05, 0) is 30.3 Å². The van der Waals surface area contributed by atoms with E-state index in [2.05, 4.69) is 15.2 Å². The van der Waals surface area contributed by atoms with E-state index in [1.54, 1.807) is 24.7 Å². The molecule has 7 heteroatoms. The van der Waals surface area contributed by atoms with Gasteiger partial charge in [0.1, 0.15) is 5.65 Å². The lowest BCUT2D eigenvalue weighted by atomic mass is 10.1. The van der Waals surface area contributed by atoms with Crippen molar-refractivity contribution in [1.82, 2.24) is 14.7 Å². The van der Waals surface area contributed by atoms with E-state index in [1.807, 2.05) is 36.5 Å². The number of methoxy groups -OCH3 is 2. The average molecular weight is 366 g/mol. The first-order valence-corrected chi connectivity index (χ1v) is 8.91. The predicted molar refractivity (Wildman–Crippen MR) is 105 cm³/mol. The predicted octanol–water partition coefficient (Wildman–Crippen LogP) is 1.79. The van der Waals surface area contributed by atoms with Gasteiger partial charge in [0.15, 0.2) is 11.5 Å². The molecule has 0 spiro atoms. The van der Waals surface area contributed by atoms with Crippen molar-refractivity contribution in [3.8, 4) is 22.8 Å². The molecular formula is C20H22N4O3. The summed E-state index contributed by atoms with van der Waals surface area (Å²) in [5, 5.41) is 3.33. The zero-order valence-electron chi connectivity index (χ0n) is 15.4. The molecule has 4 rings (SSSR count). The summed E-state index contributed by atoms with van der Waals surface area (Å²) in [6.07, 6.45) is 1.87. The number of hydrogen-bond acceptors (Lipinski definition) is 6. The van der Waals surface area contributed by atoms with Gasteiger partial charge in [-0.2, -0.15) is 0 Å². The van der Waals surface area contributed by atoms with Crippen molar-refractivity contribution >= 4 is 11.3 Å². The van der Waals surface area contributed by atoms with E-state index in [1.165, 1.54) is 0 Å². The molecule has 27 heavy (non-hydrogen) atoms. The molecule has 0 radical (unpaired) electrons. The lowest BCUT2D eigenvalue weighted by Crippen LogP contribution is -2.43. The van der Waals surface area contributed by atoms with Crippen LogP contribution in [0.15, 0.2) is 47.4 Å². The molecule has 0 aliphatic carbocycles. The second-order valence-electron chi connectivity index (χ2n) is 6.40. The smallest absolute Gasteiger partial charge is 0.258 e. The van der Waals surface area contributed by atoms with Crippen LogP contribution in [0.2, 0.25) is 0 Å². The first-order valence-electron chi connectivity index (χ1n) is 8.91. The maximum absolute atomic E-state index is 12.7. The van der Waals surface area contributed by atoms with Gasteiger partial charge >= 0.3 is 0 Å². The first-order chi connectivity index (χ1) is 13.2. The van der Waals surface area contributed by atoms with Crippen molar-refractivity contribution in [2.24, 2.45) is 0 Å². The lowest BCUT2D eigenvalue weighted by molar-refractivity contribution is 0.355. The van der Waals surface area contributed by atoms with Crippen LogP contribution in [0.5, 0.6) is 11.5 Å². The third-order valence-electron chi connectivity index (χ3n) is 4.81. The molecule has 1 saturated heterocycles. The number of anilines is 1.